The number of aryl methyl sites for hydroxylation is 2. The average Bonchev–Trinajstić information content (AvgIpc) is 2.88. The highest BCUT2D eigenvalue weighted by molar-refractivity contribution is 5.95. The summed E-state index contributed by atoms with van der Waals surface area (Å²) >= 11 is 0. The van der Waals surface area contributed by atoms with Crippen LogP contribution < -0.4 is 5.32 Å². The zero-order chi connectivity index (χ0) is 14.1. The van der Waals surface area contributed by atoms with Crippen molar-refractivity contribution in [3.8, 4) is 0 Å². The van der Waals surface area contributed by atoms with Crippen molar-refractivity contribution < 1.29 is 14.3 Å². The van der Waals surface area contributed by atoms with Crippen molar-refractivity contribution in [1.29, 1.82) is 0 Å². The van der Waals surface area contributed by atoms with Gasteiger partial charge in [-0.2, -0.15) is 0 Å². The van der Waals surface area contributed by atoms with Crippen LogP contribution in [0.4, 0.5) is 15.8 Å². The summed E-state index contributed by atoms with van der Waals surface area (Å²) in [5.74, 6) is -1.71. The summed E-state index contributed by atoms with van der Waals surface area (Å²) < 4.78 is 13.8. The lowest BCUT2D eigenvalue weighted by Crippen LogP contribution is -2.05. The van der Waals surface area contributed by atoms with Gasteiger partial charge in [0, 0.05) is 5.69 Å². The second-order valence-corrected chi connectivity index (χ2v) is 4.93. The van der Waals surface area contributed by atoms with E-state index in [0.29, 0.717) is 0 Å². The van der Waals surface area contributed by atoms with Crippen LogP contribution in [-0.4, -0.2) is 11.1 Å². The zero-order valence-electron chi connectivity index (χ0n) is 10.8. The first-order valence-electron chi connectivity index (χ1n) is 6.56. The number of anilines is 2. The standard InChI is InChI=1S/C16H14FNO2/c17-14-6-2-5-13(16(19)20)15(14)18-12-8-7-10-3-1-4-11(10)9-12/h2,5-9,18H,1,3-4H2,(H,19,20). The third-order valence-electron chi connectivity index (χ3n) is 3.61. The number of hydrogen-bond acceptors (Lipinski definition) is 2. The molecule has 0 aromatic heterocycles. The van der Waals surface area contributed by atoms with Gasteiger partial charge in [0.15, 0.2) is 0 Å². The molecule has 102 valence electrons. The number of carbonyl (C=O) groups is 1. The van der Waals surface area contributed by atoms with E-state index in [9.17, 15) is 9.18 Å². The molecule has 0 fully saturated rings. The number of hydrogen-bond donors (Lipinski definition) is 2. The molecule has 4 heteroatoms. The highest BCUT2D eigenvalue weighted by atomic mass is 19.1. The molecule has 2 aromatic rings. The Morgan fingerprint density at radius 1 is 1.15 bits per heavy atom. The zero-order valence-corrected chi connectivity index (χ0v) is 10.8. The lowest BCUT2D eigenvalue weighted by Gasteiger charge is -2.12. The van der Waals surface area contributed by atoms with Gasteiger partial charge in [-0.05, 0) is 54.7 Å². The predicted octanol–water partition coefficient (Wildman–Crippen LogP) is 3.76. The first kappa shape index (κ1) is 12.7. The van der Waals surface area contributed by atoms with Crippen molar-refractivity contribution in [2.45, 2.75) is 19.3 Å². The number of halogens is 1. The first-order valence-corrected chi connectivity index (χ1v) is 6.56. The lowest BCUT2D eigenvalue weighted by atomic mass is 10.1. The third-order valence-corrected chi connectivity index (χ3v) is 3.61. The smallest absolute Gasteiger partial charge is 0.337 e. The molecule has 2 aromatic carbocycles. The predicted molar refractivity (Wildman–Crippen MR) is 75.1 cm³/mol. The Bertz CT molecular complexity index is 682. The van der Waals surface area contributed by atoms with Crippen LogP contribution in [0.15, 0.2) is 36.4 Å². The molecule has 0 amide bonds. The van der Waals surface area contributed by atoms with Gasteiger partial charge in [-0.15, -0.1) is 0 Å². The van der Waals surface area contributed by atoms with Crippen LogP contribution in [0.1, 0.15) is 27.9 Å². The fourth-order valence-corrected chi connectivity index (χ4v) is 2.62. The highest BCUT2D eigenvalue weighted by Gasteiger charge is 2.16. The van der Waals surface area contributed by atoms with Gasteiger partial charge in [0.05, 0.1) is 11.3 Å². The molecule has 0 saturated heterocycles. The minimum atomic E-state index is -1.15. The summed E-state index contributed by atoms with van der Waals surface area (Å²) in [6.45, 7) is 0. The van der Waals surface area contributed by atoms with E-state index in [1.807, 2.05) is 18.2 Å². The molecule has 0 atom stereocenters. The van der Waals surface area contributed by atoms with Crippen LogP contribution >= 0.6 is 0 Å². The summed E-state index contributed by atoms with van der Waals surface area (Å²) in [7, 11) is 0. The second kappa shape index (κ2) is 4.96. The number of rotatable bonds is 3. The molecule has 20 heavy (non-hydrogen) atoms. The van der Waals surface area contributed by atoms with Crippen molar-refractivity contribution in [2.75, 3.05) is 5.32 Å². The largest absolute Gasteiger partial charge is 0.478 e. The monoisotopic (exact) mass is 271 g/mol. The maximum Gasteiger partial charge on any atom is 0.337 e. The summed E-state index contributed by atoms with van der Waals surface area (Å²) in [6.07, 6.45) is 3.24. The second-order valence-electron chi connectivity index (χ2n) is 4.93. The Kier molecular flexibility index (Phi) is 3.14. The van der Waals surface area contributed by atoms with Crippen LogP contribution in [0.5, 0.6) is 0 Å². The normalized spacial score (nSPS) is 13.1. The fraction of sp³-hybridized carbons (Fsp3) is 0.188. The molecule has 0 aliphatic heterocycles. The number of carboxylic acids is 1. The number of carboxylic acid groups (broad SMARTS) is 1. The number of benzene rings is 2. The molecule has 0 bridgehead atoms. The molecule has 1 aliphatic rings. The Morgan fingerprint density at radius 2 is 1.95 bits per heavy atom. The summed E-state index contributed by atoms with van der Waals surface area (Å²) in [5.41, 5.74) is 3.24. The van der Waals surface area contributed by atoms with Crippen LogP contribution in [-0.2, 0) is 12.8 Å². The van der Waals surface area contributed by atoms with Crippen LogP contribution in [0.2, 0.25) is 0 Å². The maximum atomic E-state index is 13.8. The Morgan fingerprint density at radius 3 is 2.75 bits per heavy atom. The van der Waals surface area contributed by atoms with Crippen molar-refractivity contribution in [3.63, 3.8) is 0 Å². The van der Waals surface area contributed by atoms with Gasteiger partial charge in [-0.1, -0.05) is 12.1 Å². The number of aromatic carboxylic acids is 1. The van der Waals surface area contributed by atoms with E-state index >= 15 is 0 Å². The number of nitrogens with one attached hydrogen (secondary N) is 1. The van der Waals surface area contributed by atoms with Crippen LogP contribution in [0, 0.1) is 5.82 Å². The van der Waals surface area contributed by atoms with Gasteiger partial charge >= 0.3 is 5.97 Å². The Hall–Kier alpha value is -2.36. The van der Waals surface area contributed by atoms with E-state index in [2.05, 4.69) is 5.32 Å². The number of para-hydroxylation sites is 1. The molecule has 3 rings (SSSR count). The molecule has 0 saturated carbocycles. The number of fused-ring (bicyclic) bond motifs is 1. The van der Waals surface area contributed by atoms with Gasteiger partial charge < -0.3 is 10.4 Å². The van der Waals surface area contributed by atoms with Gasteiger partial charge in [0.2, 0.25) is 0 Å². The van der Waals surface area contributed by atoms with E-state index in [4.69, 9.17) is 5.11 Å². The maximum absolute atomic E-state index is 13.8. The minimum absolute atomic E-state index is 0.0120. The van der Waals surface area contributed by atoms with Gasteiger partial charge in [0.25, 0.3) is 0 Å². The van der Waals surface area contributed by atoms with E-state index in [-0.39, 0.29) is 11.3 Å². The molecule has 0 heterocycles. The summed E-state index contributed by atoms with van der Waals surface area (Å²) in [5, 5.41) is 12.0. The fourth-order valence-electron chi connectivity index (χ4n) is 2.62. The first-order chi connectivity index (χ1) is 9.65. The Balaban J connectivity index is 1.97. The van der Waals surface area contributed by atoms with E-state index in [1.165, 1.54) is 29.3 Å². The summed E-state index contributed by atoms with van der Waals surface area (Å²) in [6, 6.07) is 9.89. The molecule has 2 N–H and O–H groups in total. The van der Waals surface area contributed by atoms with Crippen molar-refractivity contribution in [1.82, 2.24) is 0 Å². The van der Waals surface area contributed by atoms with E-state index in [0.717, 1.165) is 24.9 Å². The minimum Gasteiger partial charge on any atom is -0.478 e. The molecule has 3 nitrogen and oxygen atoms in total. The van der Waals surface area contributed by atoms with Crippen molar-refractivity contribution >= 4 is 17.3 Å². The molecular formula is C16H14FNO2. The van der Waals surface area contributed by atoms with Crippen LogP contribution in [0.3, 0.4) is 0 Å². The van der Waals surface area contributed by atoms with Gasteiger partial charge in [-0.25, -0.2) is 9.18 Å². The van der Waals surface area contributed by atoms with Crippen LogP contribution in [0.25, 0.3) is 0 Å². The SMILES string of the molecule is O=C(O)c1cccc(F)c1Nc1ccc2c(c1)CCC2. The molecule has 0 spiro atoms. The topological polar surface area (TPSA) is 49.3 Å². The molecule has 1 aliphatic carbocycles. The molecule has 0 unspecified atom stereocenters. The molecular weight excluding hydrogens is 257 g/mol. The highest BCUT2D eigenvalue weighted by Crippen LogP contribution is 2.29. The van der Waals surface area contributed by atoms with Gasteiger partial charge in [-0.3, -0.25) is 0 Å². The van der Waals surface area contributed by atoms with Crippen molar-refractivity contribution in [2.24, 2.45) is 0 Å². The Labute approximate surface area is 116 Å². The molecule has 0 radical (unpaired) electrons. The lowest BCUT2D eigenvalue weighted by molar-refractivity contribution is 0.0697. The van der Waals surface area contributed by atoms with E-state index in [1.54, 1.807) is 0 Å². The average molecular weight is 271 g/mol. The van der Waals surface area contributed by atoms with E-state index < -0.39 is 11.8 Å². The third kappa shape index (κ3) is 2.25. The van der Waals surface area contributed by atoms with Gasteiger partial charge in [0.1, 0.15) is 5.82 Å². The van der Waals surface area contributed by atoms with Crippen molar-refractivity contribution in [3.05, 3.63) is 58.9 Å². The quantitative estimate of drug-likeness (QED) is 0.893. The summed E-state index contributed by atoms with van der Waals surface area (Å²) in [4.78, 5) is 11.1.